The molecule has 3 aromatic heterocycles. The largest absolute Gasteiger partial charge is 0.466 e. The first-order valence-corrected chi connectivity index (χ1v) is 16.7. The molecule has 2 N–H and O–H groups in total. The van der Waals surface area contributed by atoms with E-state index in [-0.39, 0.29) is 41.0 Å². The molecule has 6 rings (SSSR count). The van der Waals surface area contributed by atoms with Crippen molar-refractivity contribution in [2.45, 2.75) is 70.4 Å². The van der Waals surface area contributed by atoms with Gasteiger partial charge in [0, 0.05) is 44.3 Å². The third-order valence-electron chi connectivity index (χ3n) is 9.42. The van der Waals surface area contributed by atoms with Crippen LogP contribution in [0.3, 0.4) is 0 Å². The number of benzene rings is 1. The molecule has 2 fully saturated rings. The number of esters is 1. The number of fused-ring (bicyclic) bond motifs is 1. The zero-order valence-corrected chi connectivity index (χ0v) is 28.0. The minimum atomic E-state index is -4.50. The van der Waals surface area contributed by atoms with Crippen LogP contribution < -0.4 is 10.2 Å². The Morgan fingerprint density at radius 2 is 1.88 bits per heavy atom. The van der Waals surface area contributed by atoms with Crippen LogP contribution in [0.5, 0.6) is 0 Å². The Labute approximate surface area is 282 Å². The van der Waals surface area contributed by atoms with Crippen LogP contribution >= 0.6 is 0 Å². The fraction of sp³-hybridized carbons (Fsp3) is 0.472. The average molecular weight is 679 g/mol. The third-order valence-corrected chi connectivity index (χ3v) is 9.42. The Morgan fingerprint density at radius 3 is 2.53 bits per heavy atom. The molecule has 10 nitrogen and oxygen atoms in total. The molecule has 0 bridgehead atoms. The van der Waals surface area contributed by atoms with Crippen molar-refractivity contribution in [2.24, 2.45) is 5.41 Å². The molecule has 2 saturated carbocycles. The maximum absolute atomic E-state index is 14.2. The summed E-state index contributed by atoms with van der Waals surface area (Å²) >= 11 is 0. The standard InChI is InChI=1S/C36H41F3N6O4/c1-4-49-30(46)14-8-22-7-13-27(40-19-22)33(47)44-34-42-31-29(45(2)20-35(21-48-3)15-5-6-16-35)18-28(41-32(31)43-34)24-11-12-25(23-9-10-23)26(17-24)36(37,38)39/h7,11-13,17-19,23H,4-6,8-10,14-16,20-21H2,1-3H3,(H2,41,42,43,44,47). The topological polar surface area (TPSA) is 122 Å². The predicted molar refractivity (Wildman–Crippen MR) is 179 cm³/mol. The number of rotatable bonds is 13. The number of carbonyl (C=O) groups excluding carboxylic acids is 2. The molecule has 0 atom stereocenters. The first kappa shape index (κ1) is 34.3. The van der Waals surface area contributed by atoms with Crippen molar-refractivity contribution in [1.82, 2.24) is 19.9 Å². The summed E-state index contributed by atoms with van der Waals surface area (Å²) in [6.07, 6.45) is 3.39. The highest BCUT2D eigenvalue weighted by Gasteiger charge is 2.39. The quantitative estimate of drug-likeness (QED) is 0.141. The Balaban J connectivity index is 1.32. The maximum Gasteiger partial charge on any atom is 0.416 e. The van der Waals surface area contributed by atoms with Crippen LogP contribution in [0.2, 0.25) is 0 Å². The number of pyridine rings is 2. The Hall–Kier alpha value is -4.52. The lowest BCUT2D eigenvalue weighted by Crippen LogP contribution is -2.37. The normalized spacial score (nSPS) is 15.8. The van der Waals surface area contributed by atoms with Gasteiger partial charge < -0.3 is 19.4 Å². The van der Waals surface area contributed by atoms with Gasteiger partial charge in [0.2, 0.25) is 5.95 Å². The van der Waals surface area contributed by atoms with Crippen LogP contribution in [0, 0.1) is 5.41 Å². The van der Waals surface area contributed by atoms with Crippen LogP contribution in [0.1, 0.15) is 85.0 Å². The summed E-state index contributed by atoms with van der Waals surface area (Å²) in [6.45, 7) is 3.31. The van der Waals surface area contributed by atoms with Gasteiger partial charge in [-0.1, -0.05) is 31.0 Å². The molecule has 0 unspecified atom stereocenters. The summed E-state index contributed by atoms with van der Waals surface area (Å²) < 4.78 is 53.2. The molecule has 0 radical (unpaired) electrons. The van der Waals surface area contributed by atoms with E-state index in [0.29, 0.717) is 54.2 Å². The van der Waals surface area contributed by atoms with Crippen molar-refractivity contribution >= 4 is 34.7 Å². The van der Waals surface area contributed by atoms with Crippen LogP contribution in [0.4, 0.5) is 24.8 Å². The van der Waals surface area contributed by atoms with Gasteiger partial charge in [-0.15, -0.1) is 0 Å². The van der Waals surface area contributed by atoms with Crippen molar-refractivity contribution < 1.29 is 32.2 Å². The van der Waals surface area contributed by atoms with E-state index < -0.39 is 17.6 Å². The van der Waals surface area contributed by atoms with Gasteiger partial charge in [0.1, 0.15) is 11.2 Å². The van der Waals surface area contributed by atoms with Crippen molar-refractivity contribution in [3.8, 4) is 11.3 Å². The van der Waals surface area contributed by atoms with E-state index in [0.717, 1.165) is 44.1 Å². The molecule has 49 heavy (non-hydrogen) atoms. The van der Waals surface area contributed by atoms with Gasteiger partial charge in [-0.05, 0) is 74.3 Å². The second-order valence-electron chi connectivity index (χ2n) is 13.2. The van der Waals surface area contributed by atoms with Gasteiger partial charge in [-0.25, -0.2) is 4.98 Å². The number of methoxy groups -OCH3 is 1. The van der Waals surface area contributed by atoms with Crippen LogP contribution in [0.15, 0.2) is 42.6 Å². The zero-order chi connectivity index (χ0) is 34.8. The van der Waals surface area contributed by atoms with E-state index in [4.69, 9.17) is 9.47 Å². The molecule has 0 saturated heterocycles. The molecule has 4 aromatic rings. The highest BCUT2D eigenvalue weighted by Crippen LogP contribution is 2.47. The lowest BCUT2D eigenvalue weighted by atomic mass is 9.86. The van der Waals surface area contributed by atoms with Gasteiger partial charge in [-0.2, -0.15) is 18.2 Å². The number of imidazole rings is 1. The minimum Gasteiger partial charge on any atom is -0.466 e. The second kappa shape index (κ2) is 14.1. The number of hydrogen-bond donors (Lipinski definition) is 2. The number of nitrogens with zero attached hydrogens (tertiary/aromatic N) is 4. The van der Waals surface area contributed by atoms with E-state index in [1.165, 1.54) is 12.3 Å². The number of ether oxygens (including phenoxy) is 2. The SMILES string of the molecule is CCOC(=O)CCc1ccc(C(=O)Nc2nc3nc(-c4ccc(C5CC5)c(C(F)(F)F)c4)cc(N(C)CC4(COC)CCCC4)c3[nH]2)nc1. The van der Waals surface area contributed by atoms with E-state index in [2.05, 4.69) is 30.2 Å². The number of hydrogen-bond acceptors (Lipinski definition) is 8. The van der Waals surface area contributed by atoms with Crippen LogP contribution in [-0.2, 0) is 26.9 Å². The predicted octanol–water partition coefficient (Wildman–Crippen LogP) is 7.31. The van der Waals surface area contributed by atoms with Crippen molar-refractivity contribution in [3.63, 3.8) is 0 Å². The van der Waals surface area contributed by atoms with Crippen LogP contribution in [0.25, 0.3) is 22.4 Å². The zero-order valence-electron chi connectivity index (χ0n) is 28.0. The molecular formula is C36H41F3N6O4. The highest BCUT2D eigenvalue weighted by atomic mass is 19.4. The number of carbonyl (C=O) groups is 2. The van der Waals surface area contributed by atoms with Gasteiger partial charge in [0.25, 0.3) is 5.91 Å². The second-order valence-corrected chi connectivity index (χ2v) is 13.2. The average Bonchev–Trinajstić information content (AvgIpc) is 3.69. The smallest absolute Gasteiger partial charge is 0.416 e. The number of aromatic amines is 1. The maximum atomic E-state index is 14.2. The van der Waals surface area contributed by atoms with E-state index in [1.54, 1.807) is 44.4 Å². The molecule has 13 heteroatoms. The van der Waals surface area contributed by atoms with E-state index in [1.807, 2.05) is 7.05 Å². The van der Waals surface area contributed by atoms with Crippen LogP contribution in [-0.4, -0.2) is 65.7 Å². The highest BCUT2D eigenvalue weighted by molar-refractivity contribution is 6.03. The number of aromatic nitrogens is 4. The summed E-state index contributed by atoms with van der Waals surface area (Å²) in [6, 6.07) is 9.53. The first-order chi connectivity index (χ1) is 23.5. The van der Waals surface area contributed by atoms with Gasteiger partial charge in [-0.3, -0.25) is 19.9 Å². The van der Waals surface area contributed by atoms with E-state index >= 15 is 0 Å². The summed E-state index contributed by atoms with van der Waals surface area (Å²) in [5.74, 6) is -0.759. The van der Waals surface area contributed by atoms with Gasteiger partial charge >= 0.3 is 12.1 Å². The van der Waals surface area contributed by atoms with Crippen molar-refractivity contribution in [2.75, 3.05) is 44.1 Å². The lowest BCUT2D eigenvalue weighted by Gasteiger charge is -2.34. The molecule has 1 aromatic carbocycles. The van der Waals surface area contributed by atoms with Gasteiger partial charge in [0.05, 0.1) is 30.2 Å². The molecule has 0 aliphatic heterocycles. The Kier molecular flexibility index (Phi) is 9.91. The number of alkyl halides is 3. The molecule has 260 valence electrons. The molecule has 2 aliphatic rings. The summed E-state index contributed by atoms with van der Waals surface area (Å²) in [5, 5.41) is 2.75. The summed E-state index contributed by atoms with van der Waals surface area (Å²) in [5.41, 5.74) is 2.71. The Morgan fingerprint density at radius 1 is 1.10 bits per heavy atom. The Bertz CT molecular complexity index is 1810. The van der Waals surface area contributed by atoms with E-state index in [9.17, 15) is 22.8 Å². The molecule has 1 amide bonds. The number of halogens is 3. The fourth-order valence-electron chi connectivity index (χ4n) is 6.92. The molecule has 3 heterocycles. The van der Waals surface area contributed by atoms with Crippen molar-refractivity contribution in [3.05, 3.63) is 65.0 Å². The molecule has 2 aliphatic carbocycles. The first-order valence-electron chi connectivity index (χ1n) is 16.7. The molecule has 0 spiro atoms. The number of H-pyrrole nitrogens is 1. The monoisotopic (exact) mass is 678 g/mol. The molecular weight excluding hydrogens is 637 g/mol. The van der Waals surface area contributed by atoms with Crippen molar-refractivity contribution in [1.29, 1.82) is 0 Å². The fourth-order valence-corrected chi connectivity index (χ4v) is 6.92. The number of aryl methyl sites for hydroxylation is 1. The number of nitrogens with one attached hydrogen (secondary N) is 2. The van der Waals surface area contributed by atoms with Gasteiger partial charge in [0.15, 0.2) is 5.65 Å². The summed E-state index contributed by atoms with van der Waals surface area (Å²) in [7, 11) is 3.64. The minimum absolute atomic E-state index is 0.0696. The third kappa shape index (κ3) is 7.87. The lowest BCUT2D eigenvalue weighted by molar-refractivity contribution is -0.143. The number of anilines is 2. The number of amides is 1. The summed E-state index contributed by atoms with van der Waals surface area (Å²) in [4.78, 5) is 43.6.